The molecule has 0 fully saturated rings. The number of rotatable bonds is 3. The predicted molar refractivity (Wildman–Crippen MR) is 42.6 cm³/mol. The van der Waals surface area contributed by atoms with E-state index in [2.05, 4.69) is 15.9 Å². The summed E-state index contributed by atoms with van der Waals surface area (Å²) in [5, 5.41) is 0. The van der Waals surface area contributed by atoms with Crippen LogP contribution in [0.5, 0.6) is 0 Å². The molecule has 62 valence electrons. The second kappa shape index (κ2) is 3.31. The van der Waals surface area contributed by atoms with E-state index in [9.17, 15) is 13.3 Å². The van der Waals surface area contributed by atoms with Gasteiger partial charge in [-0.2, -0.15) is 8.78 Å². The van der Waals surface area contributed by atoms with E-state index in [1.165, 1.54) is 13.8 Å². The van der Waals surface area contributed by atoms with Gasteiger partial charge < -0.3 is 4.57 Å². The minimum Gasteiger partial charge on any atom is -0.316 e. The van der Waals surface area contributed by atoms with Crippen molar-refractivity contribution in [1.29, 1.82) is 0 Å². The van der Waals surface area contributed by atoms with Gasteiger partial charge in [0.15, 0.2) is 7.14 Å². The summed E-state index contributed by atoms with van der Waals surface area (Å²) >= 11 is 2.13. The molecule has 0 aromatic carbocycles. The second-order valence-electron chi connectivity index (χ2n) is 1.99. The van der Waals surface area contributed by atoms with Crippen LogP contribution in [-0.2, 0) is 4.57 Å². The van der Waals surface area contributed by atoms with Gasteiger partial charge in [-0.1, -0.05) is 13.8 Å². The minimum atomic E-state index is -3.28. The lowest BCUT2D eigenvalue weighted by Crippen LogP contribution is -2.09. The van der Waals surface area contributed by atoms with Gasteiger partial charge in [0.2, 0.25) is 0 Å². The van der Waals surface area contributed by atoms with E-state index in [1.54, 1.807) is 0 Å². The minimum absolute atomic E-state index is 0.0434. The maximum Gasteiger partial charge on any atom is 0.350 e. The quantitative estimate of drug-likeness (QED) is 0.541. The Morgan fingerprint density at radius 2 is 1.70 bits per heavy atom. The van der Waals surface area contributed by atoms with Gasteiger partial charge in [-0.3, -0.25) is 0 Å². The molecular weight excluding hydrogens is 225 g/mol. The van der Waals surface area contributed by atoms with Crippen LogP contribution in [0.2, 0.25) is 0 Å². The lowest BCUT2D eigenvalue weighted by Gasteiger charge is -2.19. The molecule has 0 bridgehead atoms. The van der Waals surface area contributed by atoms with Crippen molar-refractivity contribution in [2.24, 2.45) is 0 Å². The average molecular weight is 235 g/mol. The van der Waals surface area contributed by atoms with Crippen LogP contribution in [0, 0.1) is 0 Å². The molecule has 1 nitrogen and oxygen atoms in total. The molecule has 0 rings (SSSR count). The molecule has 0 aromatic heterocycles. The molecular formula is C5H10BrF2OP. The van der Waals surface area contributed by atoms with Crippen molar-refractivity contribution < 1.29 is 13.3 Å². The Morgan fingerprint density at radius 1 is 1.40 bits per heavy atom. The number of alkyl halides is 3. The smallest absolute Gasteiger partial charge is 0.316 e. The third-order valence-corrected chi connectivity index (χ3v) is 6.39. The van der Waals surface area contributed by atoms with E-state index in [0.717, 1.165) is 0 Å². The Balaban J connectivity index is 4.51. The van der Waals surface area contributed by atoms with Crippen molar-refractivity contribution in [3.05, 3.63) is 0 Å². The summed E-state index contributed by atoms with van der Waals surface area (Å²) in [4.78, 5) is 0. The van der Waals surface area contributed by atoms with Crippen LogP contribution in [0.3, 0.4) is 0 Å². The number of halogens is 3. The average Bonchev–Trinajstić information content (AvgIpc) is 1.84. The summed E-state index contributed by atoms with van der Waals surface area (Å²) in [6.45, 7) is 3.03. The largest absolute Gasteiger partial charge is 0.350 e. The Kier molecular flexibility index (Phi) is 3.50. The van der Waals surface area contributed by atoms with Crippen molar-refractivity contribution in [2.45, 2.75) is 18.4 Å². The van der Waals surface area contributed by atoms with E-state index in [-0.39, 0.29) is 12.3 Å². The Bertz CT molecular complexity index is 146. The molecule has 0 heterocycles. The van der Waals surface area contributed by atoms with E-state index in [1.807, 2.05) is 0 Å². The van der Waals surface area contributed by atoms with Gasteiger partial charge in [0.05, 0.1) is 0 Å². The molecule has 0 radical (unpaired) electrons. The molecule has 0 saturated heterocycles. The van der Waals surface area contributed by atoms with Gasteiger partial charge in [0.1, 0.15) is 0 Å². The summed E-state index contributed by atoms with van der Waals surface area (Å²) in [7, 11) is -3.28. The fraction of sp³-hybridized carbons (Fsp3) is 1.00. The van der Waals surface area contributed by atoms with Crippen LogP contribution in [-0.4, -0.2) is 16.9 Å². The highest BCUT2D eigenvalue weighted by Gasteiger charge is 2.44. The topological polar surface area (TPSA) is 17.1 Å². The Hall–Kier alpha value is 0.570. The van der Waals surface area contributed by atoms with E-state index < -0.39 is 11.7 Å². The van der Waals surface area contributed by atoms with E-state index in [4.69, 9.17) is 0 Å². The van der Waals surface area contributed by atoms with Gasteiger partial charge in [0.25, 0.3) is 0 Å². The molecule has 0 unspecified atom stereocenters. The number of hydrogen-bond acceptors (Lipinski definition) is 1. The lowest BCUT2D eigenvalue weighted by molar-refractivity contribution is 0.202. The summed E-state index contributed by atoms with van der Waals surface area (Å²) in [6.07, 6.45) is 0.0868. The molecule has 0 N–H and O–H groups in total. The first-order valence-electron chi connectivity index (χ1n) is 3.02. The molecule has 0 aliphatic carbocycles. The fourth-order valence-corrected chi connectivity index (χ4v) is 3.25. The van der Waals surface area contributed by atoms with Crippen LogP contribution >= 0.6 is 23.1 Å². The van der Waals surface area contributed by atoms with Crippen molar-refractivity contribution in [1.82, 2.24) is 0 Å². The van der Waals surface area contributed by atoms with Crippen LogP contribution in [0.1, 0.15) is 13.8 Å². The first-order chi connectivity index (χ1) is 4.37. The molecule has 0 atom stereocenters. The van der Waals surface area contributed by atoms with Gasteiger partial charge in [0, 0.05) is 12.3 Å². The third kappa shape index (κ3) is 2.03. The molecule has 0 aliphatic rings. The summed E-state index contributed by atoms with van der Waals surface area (Å²) in [5.74, 6) is 0. The Labute approximate surface area is 67.7 Å². The Morgan fingerprint density at radius 3 is 1.70 bits per heavy atom. The van der Waals surface area contributed by atoms with E-state index >= 15 is 0 Å². The highest BCUT2D eigenvalue weighted by molar-refractivity contribution is 9.11. The van der Waals surface area contributed by atoms with Gasteiger partial charge in [-0.15, -0.1) is 0 Å². The van der Waals surface area contributed by atoms with Gasteiger partial charge >= 0.3 is 4.57 Å². The monoisotopic (exact) mass is 234 g/mol. The zero-order valence-corrected chi connectivity index (χ0v) is 8.38. The zero-order valence-electron chi connectivity index (χ0n) is 5.90. The van der Waals surface area contributed by atoms with Crippen molar-refractivity contribution in [2.75, 3.05) is 12.3 Å². The normalized spacial score (nSPS) is 13.7. The fourth-order valence-electron chi connectivity index (χ4n) is 0.582. The molecule has 0 aromatic rings. The number of hydrogen-bond donors (Lipinski definition) is 0. The molecule has 0 spiro atoms. The summed E-state index contributed by atoms with van der Waals surface area (Å²) in [6, 6.07) is 0. The van der Waals surface area contributed by atoms with Crippen LogP contribution in [0.4, 0.5) is 8.78 Å². The summed E-state index contributed by atoms with van der Waals surface area (Å²) in [5.41, 5.74) is 0. The van der Waals surface area contributed by atoms with Crippen LogP contribution in [0.15, 0.2) is 0 Å². The first kappa shape index (κ1) is 10.6. The van der Waals surface area contributed by atoms with Crippen molar-refractivity contribution in [3.63, 3.8) is 0 Å². The molecule has 0 aliphatic heterocycles. The highest BCUT2D eigenvalue weighted by atomic mass is 79.9. The molecule has 5 heteroatoms. The van der Waals surface area contributed by atoms with Gasteiger partial charge in [-0.05, 0) is 15.9 Å². The van der Waals surface area contributed by atoms with E-state index in [0.29, 0.717) is 0 Å². The van der Waals surface area contributed by atoms with Crippen molar-refractivity contribution in [3.8, 4) is 0 Å². The molecule has 0 saturated carbocycles. The maximum absolute atomic E-state index is 12.4. The van der Waals surface area contributed by atoms with Crippen molar-refractivity contribution >= 4 is 23.1 Å². The summed E-state index contributed by atoms with van der Waals surface area (Å²) < 4.78 is 32.8. The van der Waals surface area contributed by atoms with Gasteiger partial charge in [-0.25, -0.2) is 0 Å². The predicted octanol–water partition coefficient (Wildman–Crippen LogP) is 3.33. The highest BCUT2D eigenvalue weighted by Crippen LogP contribution is 2.62. The van der Waals surface area contributed by atoms with Crippen LogP contribution < -0.4 is 0 Å². The SMILES string of the molecule is CCP(=O)(CC)C(F)(F)Br. The zero-order chi connectivity index (χ0) is 8.41. The lowest BCUT2D eigenvalue weighted by atomic mass is 11.0. The molecule has 0 amide bonds. The maximum atomic E-state index is 12.4. The van der Waals surface area contributed by atoms with Crippen LogP contribution in [0.25, 0.3) is 0 Å². The second-order valence-corrected chi connectivity index (χ2v) is 7.20. The molecule has 10 heavy (non-hydrogen) atoms. The third-order valence-electron chi connectivity index (χ3n) is 1.48. The standard InChI is InChI=1S/C5H10BrF2OP/c1-3-10(9,4-2)5(6,7)8/h3-4H2,1-2H3. The first-order valence-corrected chi connectivity index (χ1v) is 5.89.